The first kappa shape index (κ1) is 55.3. The van der Waals surface area contributed by atoms with Gasteiger partial charge < -0.3 is 77.3 Å². The number of rotatable bonds is 16. The third-order valence-electron chi connectivity index (χ3n) is 14.8. The number of benzene rings is 8. The second-order valence-corrected chi connectivity index (χ2v) is 18.7. The van der Waals surface area contributed by atoms with Crippen molar-refractivity contribution in [3.8, 4) is 92.0 Å². The Balaban J connectivity index is 1.65. The van der Waals surface area contributed by atoms with Crippen molar-refractivity contribution in [2.75, 3.05) is 85.3 Å². The van der Waals surface area contributed by atoms with E-state index in [1.807, 2.05) is 72.8 Å². The number of fused-ring (bicyclic) bond motifs is 8. The third-order valence-corrected chi connectivity index (χ3v) is 14.8. The first-order valence-corrected chi connectivity index (χ1v) is 25.3. The molecule has 8 aromatic carbocycles. The van der Waals surface area contributed by atoms with Gasteiger partial charge >= 0.3 is 0 Å². The highest BCUT2D eigenvalue weighted by Crippen LogP contribution is 2.61. The lowest BCUT2D eigenvalue weighted by atomic mass is 9.74. The minimum atomic E-state index is -0.865. The summed E-state index contributed by atoms with van der Waals surface area (Å²) in [7, 11) is 18.5. The van der Waals surface area contributed by atoms with E-state index >= 15 is 0 Å². The zero-order chi connectivity index (χ0) is 57.1. The minimum Gasteiger partial charge on any atom is -0.508 e. The molecule has 8 bridgehead atoms. The predicted octanol–water partition coefficient (Wildman–Crippen LogP) is 11.6. The standard InChI is InChI=1S/C64H64O16/c1-69-53-41-29-42(54(70-2)61(53)77-9)50(34-15-23-38(66)24-16-34)45-31-46(58(74-6)63(79-11)57(45)73-5)52(36-19-27-40(68)28-20-36)48-32-47(59(75-7)64(80-12)60(48)76-8)51(35-17-25-39(67)26-18-35)44-30-43(49(41)33-13-21-37(65)22-14-33)55(71-3)62(78-10)56(44)72-4/h13-32,49-52,65-68H,1-12H3. The molecular weight excluding hydrogens is 1020 g/mol. The van der Waals surface area contributed by atoms with Crippen LogP contribution in [0.5, 0.6) is 92.0 Å². The Labute approximate surface area is 464 Å². The van der Waals surface area contributed by atoms with Crippen LogP contribution < -0.4 is 56.8 Å². The molecule has 0 fully saturated rings. The molecule has 0 aromatic heterocycles. The maximum absolute atomic E-state index is 10.9. The SMILES string of the molecule is COc1c2cc(c(OC)c1OC)C(c1ccc(O)cc1)c1cc(c(OC)c(OC)c1OC)C(c1ccc(O)cc1)c1cc(c(OC)c(OC)c1OC)C(c1ccc(O)cc1)c1cc(c(OC)c(OC)c1OC)C2c1ccc(O)cc1. The van der Waals surface area contributed by atoms with Crippen molar-refractivity contribution in [1.29, 1.82) is 0 Å². The molecule has 0 spiro atoms. The molecule has 9 rings (SSSR count). The van der Waals surface area contributed by atoms with E-state index in [4.69, 9.17) is 56.8 Å². The second-order valence-electron chi connectivity index (χ2n) is 18.7. The van der Waals surface area contributed by atoms with Crippen molar-refractivity contribution in [2.24, 2.45) is 0 Å². The van der Waals surface area contributed by atoms with E-state index in [0.717, 1.165) is 0 Å². The molecule has 0 unspecified atom stereocenters. The number of hydrogen-bond acceptors (Lipinski definition) is 16. The average Bonchev–Trinajstić information content (AvgIpc) is 3.62. The van der Waals surface area contributed by atoms with E-state index < -0.39 is 23.7 Å². The molecule has 416 valence electrons. The van der Waals surface area contributed by atoms with Crippen LogP contribution in [0.15, 0.2) is 121 Å². The molecule has 1 aliphatic carbocycles. The van der Waals surface area contributed by atoms with Crippen molar-refractivity contribution in [1.82, 2.24) is 0 Å². The van der Waals surface area contributed by atoms with Gasteiger partial charge in [0.15, 0.2) is 46.0 Å². The van der Waals surface area contributed by atoms with Crippen LogP contribution in [0.4, 0.5) is 0 Å². The Hall–Kier alpha value is -9.44. The van der Waals surface area contributed by atoms with Gasteiger partial charge in [-0.3, -0.25) is 0 Å². The fraction of sp³-hybridized carbons (Fsp3) is 0.250. The molecule has 0 amide bonds. The zero-order valence-electron chi connectivity index (χ0n) is 46.5. The monoisotopic (exact) mass is 1090 g/mol. The van der Waals surface area contributed by atoms with Crippen LogP contribution in [-0.2, 0) is 0 Å². The molecule has 16 heteroatoms. The number of methoxy groups -OCH3 is 12. The normalized spacial score (nSPS) is 15.4. The third kappa shape index (κ3) is 9.39. The maximum Gasteiger partial charge on any atom is 0.203 e. The molecule has 0 heterocycles. The van der Waals surface area contributed by atoms with Gasteiger partial charge in [0.2, 0.25) is 23.0 Å². The molecule has 80 heavy (non-hydrogen) atoms. The van der Waals surface area contributed by atoms with Gasteiger partial charge in [0, 0.05) is 68.2 Å². The molecule has 16 nitrogen and oxygen atoms in total. The number of phenolic OH excluding ortho intramolecular Hbond substituents is 4. The topological polar surface area (TPSA) is 192 Å². The number of phenols is 4. The van der Waals surface area contributed by atoms with Crippen LogP contribution in [0.1, 0.15) is 90.4 Å². The fourth-order valence-corrected chi connectivity index (χ4v) is 11.6. The van der Waals surface area contributed by atoms with E-state index in [9.17, 15) is 20.4 Å². The molecule has 1 aliphatic rings. The number of hydrogen-bond donors (Lipinski definition) is 4. The Morgan fingerprint density at radius 1 is 0.200 bits per heavy atom. The van der Waals surface area contributed by atoms with E-state index in [1.54, 1.807) is 105 Å². The van der Waals surface area contributed by atoms with Gasteiger partial charge in [0.05, 0.1) is 85.3 Å². The molecule has 0 aliphatic heterocycles. The molecule has 0 saturated heterocycles. The van der Waals surface area contributed by atoms with Crippen molar-refractivity contribution in [3.63, 3.8) is 0 Å². The Morgan fingerprint density at radius 3 is 0.438 bits per heavy atom. The highest BCUT2D eigenvalue weighted by molar-refractivity contribution is 5.76. The van der Waals surface area contributed by atoms with E-state index in [1.165, 1.54) is 28.4 Å². The predicted molar refractivity (Wildman–Crippen MR) is 301 cm³/mol. The summed E-state index contributed by atoms with van der Waals surface area (Å²) in [5.74, 6) is -0.0570. The largest absolute Gasteiger partial charge is 0.508 e. The summed E-state index contributed by atoms with van der Waals surface area (Å²) in [6.07, 6.45) is 0. The lowest BCUT2D eigenvalue weighted by molar-refractivity contribution is 0.313. The van der Waals surface area contributed by atoms with E-state index in [-0.39, 0.29) is 46.0 Å². The first-order chi connectivity index (χ1) is 38.8. The summed E-state index contributed by atoms with van der Waals surface area (Å²) < 4.78 is 77.5. The minimum absolute atomic E-state index is 0.0278. The highest BCUT2D eigenvalue weighted by atomic mass is 16.6. The Kier molecular flexibility index (Phi) is 16.1. The van der Waals surface area contributed by atoms with Crippen LogP contribution in [0.3, 0.4) is 0 Å². The molecule has 8 aromatic rings. The highest BCUT2D eigenvalue weighted by Gasteiger charge is 2.41. The van der Waals surface area contributed by atoms with Gasteiger partial charge in [-0.05, 0) is 95.1 Å². The fourth-order valence-electron chi connectivity index (χ4n) is 11.6. The number of ether oxygens (including phenoxy) is 12. The summed E-state index contributed by atoms with van der Waals surface area (Å²) in [5, 5.41) is 43.7. The van der Waals surface area contributed by atoms with Crippen LogP contribution in [0.25, 0.3) is 0 Å². The molecule has 0 saturated carbocycles. The smallest absolute Gasteiger partial charge is 0.203 e. The van der Waals surface area contributed by atoms with Crippen LogP contribution in [0.2, 0.25) is 0 Å². The zero-order valence-corrected chi connectivity index (χ0v) is 46.5. The molecule has 0 radical (unpaired) electrons. The lowest BCUT2D eigenvalue weighted by Gasteiger charge is -2.33. The summed E-state index contributed by atoms with van der Waals surface area (Å²) in [6, 6.07) is 35.3. The van der Waals surface area contributed by atoms with Crippen molar-refractivity contribution in [2.45, 2.75) is 23.7 Å². The van der Waals surface area contributed by atoms with E-state index in [2.05, 4.69) is 0 Å². The van der Waals surface area contributed by atoms with Crippen LogP contribution >= 0.6 is 0 Å². The van der Waals surface area contributed by atoms with Gasteiger partial charge in [-0.15, -0.1) is 0 Å². The maximum atomic E-state index is 10.9. The van der Waals surface area contributed by atoms with Crippen molar-refractivity contribution < 1.29 is 77.3 Å². The first-order valence-electron chi connectivity index (χ1n) is 25.3. The summed E-state index contributed by atoms with van der Waals surface area (Å²) in [4.78, 5) is 0. The van der Waals surface area contributed by atoms with Crippen molar-refractivity contribution >= 4 is 0 Å². The van der Waals surface area contributed by atoms with Gasteiger partial charge in [-0.1, -0.05) is 48.5 Å². The van der Waals surface area contributed by atoms with Gasteiger partial charge in [-0.25, -0.2) is 0 Å². The second kappa shape index (κ2) is 23.3. The van der Waals surface area contributed by atoms with Gasteiger partial charge in [-0.2, -0.15) is 0 Å². The molecular formula is C64H64O16. The van der Waals surface area contributed by atoms with Gasteiger partial charge in [0.25, 0.3) is 0 Å². The Bertz CT molecular complexity index is 2930. The quantitative estimate of drug-likeness (QED) is 0.0714. The van der Waals surface area contributed by atoms with E-state index in [0.29, 0.717) is 113 Å². The van der Waals surface area contributed by atoms with Crippen LogP contribution in [-0.4, -0.2) is 106 Å². The van der Waals surface area contributed by atoms with Gasteiger partial charge in [0.1, 0.15) is 23.0 Å². The molecule has 4 N–H and O–H groups in total. The summed E-state index contributed by atoms with van der Waals surface area (Å²) >= 11 is 0. The van der Waals surface area contributed by atoms with Crippen LogP contribution in [0, 0.1) is 0 Å². The summed E-state index contributed by atoms with van der Waals surface area (Å²) in [6.45, 7) is 0. The summed E-state index contributed by atoms with van der Waals surface area (Å²) in [5.41, 5.74) is 7.08. The number of aromatic hydroxyl groups is 4. The average molecular weight is 1090 g/mol. The molecule has 0 atom stereocenters. The Morgan fingerprint density at radius 2 is 0.325 bits per heavy atom. The van der Waals surface area contributed by atoms with Crippen molar-refractivity contribution in [3.05, 3.63) is 188 Å². The lowest BCUT2D eigenvalue weighted by Crippen LogP contribution is -2.17.